The standard InChI is InChI=1S/C15H15BrO/c16-14-8-4-7-13(9-14)11-15(17)10-12-5-2-1-3-6-12/h1-9,15,17H,10-11H2/t15-/m1/s1. The van der Waals surface area contributed by atoms with Gasteiger partial charge in [-0.3, -0.25) is 0 Å². The maximum Gasteiger partial charge on any atom is 0.0620 e. The van der Waals surface area contributed by atoms with Gasteiger partial charge in [-0.15, -0.1) is 0 Å². The van der Waals surface area contributed by atoms with Gasteiger partial charge in [0.15, 0.2) is 0 Å². The predicted molar refractivity (Wildman–Crippen MR) is 74.0 cm³/mol. The van der Waals surface area contributed by atoms with Crippen LogP contribution in [0.4, 0.5) is 0 Å². The first-order valence-corrected chi connectivity index (χ1v) is 6.50. The van der Waals surface area contributed by atoms with E-state index in [9.17, 15) is 5.11 Å². The van der Waals surface area contributed by atoms with Crippen LogP contribution in [0.2, 0.25) is 0 Å². The summed E-state index contributed by atoms with van der Waals surface area (Å²) in [5.41, 5.74) is 2.33. The van der Waals surface area contributed by atoms with E-state index in [4.69, 9.17) is 0 Å². The average Bonchev–Trinajstić information content (AvgIpc) is 2.30. The SMILES string of the molecule is O[C@H](Cc1ccccc1)Cc1cccc(Br)c1. The molecule has 0 amide bonds. The molecule has 2 aromatic carbocycles. The van der Waals surface area contributed by atoms with Gasteiger partial charge < -0.3 is 5.11 Å². The minimum atomic E-state index is -0.327. The molecule has 2 heteroatoms. The lowest BCUT2D eigenvalue weighted by atomic mass is 10.0. The van der Waals surface area contributed by atoms with E-state index >= 15 is 0 Å². The third-order valence-corrected chi connectivity index (χ3v) is 3.17. The number of benzene rings is 2. The Balaban J connectivity index is 1.96. The molecule has 0 aliphatic carbocycles. The molecule has 2 aromatic rings. The fourth-order valence-corrected chi connectivity index (χ4v) is 2.34. The Morgan fingerprint density at radius 3 is 2.24 bits per heavy atom. The quantitative estimate of drug-likeness (QED) is 0.912. The van der Waals surface area contributed by atoms with E-state index < -0.39 is 0 Å². The van der Waals surface area contributed by atoms with Crippen LogP contribution in [0.3, 0.4) is 0 Å². The number of aliphatic hydroxyl groups excluding tert-OH is 1. The molecule has 2 rings (SSSR count). The van der Waals surface area contributed by atoms with Crippen molar-refractivity contribution in [3.63, 3.8) is 0 Å². The molecule has 0 aromatic heterocycles. The summed E-state index contributed by atoms with van der Waals surface area (Å²) in [5, 5.41) is 10.0. The Morgan fingerprint density at radius 1 is 0.882 bits per heavy atom. The summed E-state index contributed by atoms with van der Waals surface area (Å²) < 4.78 is 1.06. The zero-order valence-electron chi connectivity index (χ0n) is 9.51. The lowest BCUT2D eigenvalue weighted by Gasteiger charge is -2.10. The van der Waals surface area contributed by atoms with Crippen LogP contribution in [0.1, 0.15) is 11.1 Å². The number of aliphatic hydroxyl groups is 1. The zero-order valence-corrected chi connectivity index (χ0v) is 11.1. The van der Waals surface area contributed by atoms with Crippen LogP contribution in [0.15, 0.2) is 59.1 Å². The van der Waals surface area contributed by atoms with Crippen LogP contribution in [0, 0.1) is 0 Å². The van der Waals surface area contributed by atoms with Crippen molar-refractivity contribution in [3.05, 3.63) is 70.2 Å². The first-order valence-electron chi connectivity index (χ1n) is 5.70. The van der Waals surface area contributed by atoms with Crippen molar-refractivity contribution in [2.75, 3.05) is 0 Å². The number of rotatable bonds is 4. The Bertz CT molecular complexity index is 467. The number of hydrogen-bond acceptors (Lipinski definition) is 1. The summed E-state index contributed by atoms with van der Waals surface area (Å²) in [5.74, 6) is 0. The molecule has 0 saturated carbocycles. The van der Waals surface area contributed by atoms with Crippen molar-refractivity contribution < 1.29 is 5.11 Å². The minimum absolute atomic E-state index is 0.327. The van der Waals surface area contributed by atoms with E-state index in [1.54, 1.807) is 0 Å². The Morgan fingerprint density at radius 2 is 1.53 bits per heavy atom. The van der Waals surface area contributed by atoms with Gasteiger partial charge >= 0.3 is 0 Å². The molecule has 1 nitrogen and oxygen atoms in total. The van der Waals surface area contributed by atoms with E-state index in [0.29, 0.717) is 12.8 Å². The smallest absolute Gasteiger partial charge is 0.0620 e. The summed E-state index contributed by atoms with van der Waals surface area (Å²) in [4.78, 5) is 0. The van der Waals surface area contributed by atoms with Crippen LogP contribution in [-0.4, -0.2) is 11.2 Å². The molecule has 0 heterocycles. The first-order chi connectivity index (χ1) is 8.24. The summed E-state index contributed by atoms with van der Waals surface area (Å²) in [7, 11) is 0. The maximum atomic E-state index is 10.0. The second-order valence-electron chi connectivity index (χ2n) is 4.18. The lowest BCUT2D eigenvalue weighted by Crippen LogP contribution is -2.13. The third-order valence-electron chi connectivity index (χ3n) is 2.67. The van der Waals surface area contributed by atoms with Crippen LogP contribution in [0.5, 0.6) is 0 Å². The molecule has 0 radical (unpaired) electrons. The fraction of sp³-hybridized carbons (Fsp3) is 0.200. The fourth-order valence-electron chi connectivity index (χ4n) is 1.89. The highest BCUT2D eigenvalue weighted by Gasteiger charge is 2.06. The molecule has 0 bridgehead atoms. The van der Waals surface area contributed by atoms with Crippen molar-refractivity contribution in [2.45, 2.75) is 18.9 Å². The predicted octanol–water partition coefficient (Wildman–Crippen LogP) is 3.60. The van der Waals surface area contributed by atoms with Crippen LogP contribution >= 0.6 is 15.9 Å². The summed E-state index contributed by atoms with van der Waals surface area (Å²) in [6.07, 6.45) is 1.06. The molecule has 0 spiro atoms. The summed E-state index contributed by atoms with van der Waals surface area (Å²) >= 11 is 3.44. The maximum absolute atomic E-state index is 10.0. The van der Waals surface area contributed by atoms with Crippen LogP contribution in [0.25, 0.3) is 0 Å². The number of hydrogen-bond donors (Lipinski definition) is 1. The van der Waals surface area contributed by atoms with Crippen molar-refractivity contribution in [1.82, 2.24) is 0 Å². The monoisotopic (exact) mass is 290 g/mol. The molecule has 1 N–H and O–H groups in total. The zero-order chi connectivity index (χ0) is 12.1. The lowest BCUT2D eigenvalue weighted by molar-refractivity contribution is 0.175. The molecule has 0 aliphatic rings. The van der Waals surface area contributed by atoms with Gasteiger partial charge in [0.25, 0.3) is 0 Å². The van der Waals surface area contributed by atoms with Gasteiger partial charge in [-0.2, -0.15) is 0 Å². The van der Waals surface area contributed by atoms with E-state index in [2.05, 4.69) is 15.9 Å². The topological polar surface area (TPSA) is 20.2 Å². The van der Waals surface area contributed by atoms with Crippen molar-refractivity contribution in [2.24, 2.45) is 0 Å². The molecular formula is C15H15BrO. The van der Waals surface area contributed by atoms with Gasteiger partial charge in [-0.25, -0.2) is 0 Å². The highest BCUT2D eigenvalue weighted by Crippen LogP contribution is 2.14. The largest absolute Gasteiger partial charge is 0.392 e. The van der Waals surface area contributed by atoms with E-state index in [1.807, 2.05) is 54.6 Å². The molecule has 1 atom stereocenters. The van der Waals surface area contributed by atoms with Gasteiger partial charge in [-0.1, -0.05) is 58.4 Å². The normalized spacial score (nSPS) is 12.4. The molecule has 0 unspecified atom stereocenters. The van der Waals surface area contributed by atoms with Gasteiger partial charge in [0, 0.05) is 4.47 Å². The minimum Gasteiger partial charge on any atom is -0.392 e. The van der Waals surface area contributed by atoms with Crippen molar-refractivity contribution in [1.29, 1.82) is 0 Å². The van der Waals surface area contributed by atoms with Crippen molar-refractivity contribution in [3.8, 4) is 0 Å². The second-order valence-corrected chi connectivity index (χ2v) is 5.09. The summed E-state index contributed by atoms with van der Waals surface area (Å²) in [6, 6.07) is 18.2. The third kappa shape index (κ3) is 3.99. The van der Waals surface area contributed by atoms with E-state index in [1.165, 1.54) is 5.56 Å². The Labute approximate surface area is 110 Å². The van der Waals surface area contributed by atoms with Gasteiger partial charge in [0.2, 0.25) is 0 Å². The molecule has 0 aliphatic heterocycles. The number of halogens is 1. The van der Waals surface area contributed by atoms with Gasteiger partial charge in [-0.05, 0) is 36.1 Å². The Kier molecular flexibility index (Phi) is 4.35. The van der Waals surface area contributed by atoms with E-state index in [0.717, 1.165) is 10.0 Å². The highest BCUT2D eigenvalue weighted by molar-refractivity contribution is 9.10. The summed E-state index contributed by atoms with van der Waals surface area (Å²) in [6.45, 7) is 0. The van der Waals surface area contributed by atoms with Gasteiger partial charge in [0.1, 0.15) is 0 Å². The van der Waals surface area contributed by atoms with Crippen molar-refractivity contribution >= 4 is 15.9 Å². The first kappa shape index (κ1) is 12.3. The molecular weight excluding hydrogens is 276 g/mol. The molecule has 0 saturated heterocycles. The molecule has 88 valence electrons. The van der Waals surface area contributed by atoms with Crippen LogP contribution < -0.4 is 0 Å². The Hall–Kier alpha value is -1.12. The average molecular weight is 291 g/mol. The highest BCUT2D eigenvalue weighted by atomic mass is 79.9. The van der Waals surface area contributed by atoms with Gasteiger partial charge in [0.05, 0.1) is 6.10 Å². The van der Waals surface area contributed by atoms with E-state index in [-0.39, 0.29) is 6.10 Å². The van der Waals surface area contributed by atoms with Crippen LogP contribution in [-0.2, 0) is 12.8 Å². The molecule has 17 heavy (non-hydrogen) atoms. The second kappa shape index (κ2) is 5.99. The molecule has 0 fully saturated rings.